The topological polar surface area (TPSA) is 167 Å². The molecule has 250 valence electrons. The Kier molecular flexibility index (Phi) is 11.2. The molecule has 3 rings (SSSR count). The maximum Gasteiger partial charge on any atom is 0.435 e. The Hall–Kier alpha value is -4.87. The lowest BCUT2D eigenvalue weighted by Crippen LogP contribution is -2.48. The van der Waals surface area contributed by atoms with Gasteiger partial charge in [-0.3, -0.25) is 4.79 Å². The Balaban J connectivity index is 1.68. The van der Waals surface area contributed by atoms with Crippen molar-refractivity contribution in [3.05, 3.63) is 71.1 Å². The van der Waals surface area contributed by atoms with Crippen molar-refractivity contribution in [3.8, 4) is 16.9 Å². The lowest BCUT2D eigenvalue weighted by Gasteiger charge is -2.29. The van der Waals surface area contributed by atoms with E-state index in [1.54, 1.807) is 56.7 Å². The average Bonchev–Trinajstić information content (AvgIpc) is 3.43. The van der Waals surface area contributed by atoms with Gasteiger partial charge in [0.25, 0.3) is 16.8 Å². The van der Waals surface area contributed by atoms with E-state index in [1.165, 1.54) is 12.1 Å². The van der Waals surface area contributed by atoms with Crippen LogP contribution in [0.25, 0.3) is 16.9 Å². The number of amides is 1. The normalized spacial score (nSPS) is 12.4. The summed E-state index contributed by atoms with van der Waals surface area (Å²) in [5, 5.41) is 20.4. The minimum atomic E-state index is -4.72. The van der Waals surface area contributed by atoms with Crippen molar-refractivity contribution in [1.29, 1.82) is 0 Å². The monoisotopic (exact) mass is 670 g/mol. The maximum atomic E-state index is 13.5. The highest BCUT2D eigenvalue weighted by Gasteiger charge is 2.35. The molecule has 2 aromatic carbocycles. The molecule has 0 fully saturated rings. The van der Waals surface area contributed by atoms with Crippen molar-refractivity contribution in [3.63, 3.8) is 0 Å². The fraction of sp³-hybridized carbons (Fsp3) is 0.393. The third-order valence-corrected chi connectivity index (χ3v) is 7.49. The minimum Gasteiger partial charge on any atom is -0.569 e. The van der Waals surface area contributed by atoms with Gasteiger partial charge in [-0.2, -0.15) is 18.3 Å². The zero-order chi connectivity index (χ0) is 34.3. The lowest BCUT2D eigenvalue weighted by molar-refractivity contribution is -0.726. The second-order valence-electron chi connectivity index (χ2n) is 10.7. The summed E-state index contributed by atoms with van der Waals surface area (Å²) >= 11 is 0. The first kappa shape index (κ1) is 35.6. The Morgan fingerprint density at radius 2 is 1.70 bits per heavy atom. The number of esters is 1. The molecule has 3 aromatic rings. The quantitative estimate of drug-likeness (QED) is 0.0684. The van der Waals surface area contributed by atoms with Crippen LogP contribution < -0.4 is 4.72 Å². The van der Waals surface area contributed by atoms with Gasteiger partial charge in [-0.05, 0) is 58.0 Å². The van der Waals surface area contributed by atoms with Gasteiger partial charge in [-0.25, -0.2) is 22.6 Å². The van der Waals surface area contributed by atoms with E-state index in [2.05, 4.69) is 20.0 Å². The minimum absolute atomic E-state index is 0.0703. The number of aryl methyl sites for hydroxylation is 1. The molecule has 0 aliphatic heterocycles. The molecule has 0 spiro atoms. The van der Waals surface area contributed by atoms with Crippen molar-refractivity contribution in [2.45, 2.75) is 57.7 Å². The number of benzene rings is 2. The number of rotatable bonds is 12. The van der Waals surface area contributed by atoms with Crippen LogP contribution in [0.15, 0.2) is 64.8 Å². The Bertz CT molecular complexity index is 1650. The van der Waals surface area contributed by atoms with Crippen LogP contribution in [0.3, 0.4) is 0 Å². The van der Waals surface area contributed by atoms with Crippen LogP contribution in [0, 0.1) is 12.1 Å². The summed E-state index contributed by atoms with van der Waals surface area (Å²) in [5.74, 6) is -0.560. The standard InChI is InChI=1S/C28H33F3N6O8S/c1-6-25(38)44-18-45-34-37(40)35(27(3,4)5)15-16-43-26(39)33-46(41,42)22-13-11-21(12-14-22)36-23(17-24(32-36)28(29,30)31)20-9-7-19(2)8-10-20/h7-14,17H,6,15-16,18H2,1-5H3,(H,33,39). The molecule has 0 bridgehead atoms. The van der Waals surface area contributed by atoms with E-state index in [9.17, 15) is 36.4 Å². The van der Waals surface area contributed by atoms with Gasteiger partial charge < -0.3 is 19.5 Å². The third kappa shape index (κ3) is 9.56. The number of sulfonamides is 1. The van der Waals surface area contributed by atoms with Crippen molar-refractivity contribution in [2.24, 2.45) is 5.28 Å². The van der Waals surface area contributed by atoms with Crippen LogP contribution in [-0.2, 0) is 35.3 Å². The summed E-state index contributed by atoms with van der Waals surface area (Å²) in [5.41, 5.74) is -0.359. The lowest BCUT2D eigenvalue weighted by atomic mass is 10.1. The molecule has 1 N–H and O–H groups in total. The van der Waals surface area contributed by atoms with E-state index >= 15 is 0 Å². The maximum absolute atomic E-state index is 13.5. The van der Waals surface area contributed by atoms with Gasteiger partial charge in [0.1, 0.15) is 13.2 Å². The summed E-state index contributed by atoms with van der Waals surface area (Å²) in [6.45, 7) is 7.08. The first-order valence-corrected chi connectivity index (χ1v) is 15.2. The Labute approximate surface area is 262 Å². The van der Waals surface area contributed by atoms with Gasteiger partial charge in [0, 0.05) is 12.0 Å². The third-order valence-electron chi connectivity index (χ3n) is 6.16. The molecule has 18 heteroatoms. The molecule has 0 radical (unpaired) electrons. The van der Waals surface area contributed by atoms with E-state index < -0.39 is 52.9 Å². The van der Waals surface area contributed by atoms with E-state index in [0.717, 1.165) is 33.5 Å². The first-order valence-electron chi connectivity index (χ1n) is 13.7. The SMILES string of the molecule is CCC(=O)OCON=[N+]([O-])N(CCOC(=O)NS(=O)(=O)c1ccc(-n2nc(C(F)(F)F)cc2-c2ccc(C)cc2)cc1)C(C)(C)C. The number of aromatic nitrogens is 2. The van der Waals surface area contributed by atoms with Gasteiger partial charge in [0.2, 0.25) is 5.28 Å². The van der Waals surface area contributed by atoms with Crippen LogP contribution in [0.1, 0.15) is 45.4 Å². The number of alkyl halides is 3. The molecule has 1 heterocycles. The zero-order valence-corrected chi connectivity index (χ0v) is 26.4. The number of carbonyl (C=O) groups excluding carboxylic acids is 2. The van der Waals surface area contributed by atoms with Crippen LogP contribution in [0.5, 0.6) is 0 Å². The number of nitrogens with zero attached hydrogens (tertiary/aromatic N) is 5. The molecule has 0 atom stereocenters. The number of hydrogen-bond donors (Lipinski definition) is 1. The van der Waals surface area contributed by atoms with Crippen LogP contribution >= 0.6 is 0 Å². The van der Waals surface area contributed by atoms with E-state index in [0.29, 0.717) is 5.56 Å². The van der Waals surface area contributed by atoms with Gasteiger partial charge in [0.15, 0.2) is 5.69 Å². The smallest absolute Gasteiger partial charge is 0.435 e. The molecule has 14 nitrogen and oxygen atoms in total. The molecule has 0 saturated heterocycles. The van der Waals surface area contributed by atoms with E-state index in [1.807, 2.05) is 6.92 Å². The molecular formula is C28H33F3N6O8S. The van der Waals surface area contributed by atoms with Crippen LogP contribution in [0.4, 0.5) is 18.0 Å². The van der Waals surface area contributed by atoms with Gasteiger partial charge in [-0.1, -0.05) is 36.8 Å². The van der Waals surface area contributed by atoms with Crippen molar-refractivity contribution < 1.29 is 50.5 Å². The predicted octanol–water partition coefficient (Wildman–Crippen LogP) is 5.10. The van der Waals surface area contributed by atoms with Gasteiger partial charge in [0.05, 0.1) is 26.8 Å². The largest absolute Gasteiger partial charge is 0.569 e. The number of halogens is 3. The molecule has 1 amide bonds. The summed E-state index contributed by atoms with van der Waals surface area (Å²) in [7, 11) is -4.46. The van der Waals surface area contributed by atoms with E-state index in [4.69, 9.17) is 4.74 Å². The number of ether oxygens (including phenoxy) is 2. The summed E-state index contributed by atoms with van der Waals surface area (Å²) in [6.07, 6.45) is -5.97. The fourth-order valence-electron chi connectivity index (χ4n) is 3.82. The summed E-state index contributed by atoms with van der Waals surface area (Å²) in [4.78, 5) is 27.8. The van der Waals surface area contributed by atoms with Crippen molar-refractivity contribution in [2.75, 3.05) is 19.9 Å². The highest BCUT2D eigenvalue weighted by Crippen LogP contribution is 2.33. The molecule has 0 saturated carbocycles. The number of hydrazine groups is 1. The molecule has 0 aliphatic carbocycles. The Morgan fingerprint density at radius 1 is 1.07 bits per heavy atom. The summed E-state index contributed by atoms with van der Waals surface area (Å²) in [6, 6.07) is 12.3. The molecular weight excluding hydrogens is 637 g/mol. The van der Waals surface area contributed by atoms with Crippen molar-refractivity contribution in [1.82, 2.24) is 19.5 Å². The van der Waals surface area contributed by atoms with Gasteiger partial charge >= 0.3 is 18.2 Å². The van der Waals surface area contributed by atoms with Crippen LogP contribution in [-0.4, -0.2) is 65.7 Å². The number of hydrogen-bond acceptors (Lipinski definition) is 10. The first-order chi connectivity index (χ1) is 21.4. The second kappa shape index (κ2) is 14.5. The highest BCUT2D eigenvalue weighted by molar-refractivity contribution is 7.90. The van der Waals surface area contributed by atoms with Crippen molar-refractivity contribution >= 4 is 22.1 Å². The second-order valence-corrected chi connectivity index (χ2v) is 12.4. The molecule has 1 aromatic heterocycles. The highest BCUT2D eigenvalue weighted by atomic mass is 32.2. The molecule has 0 aliphatic rings. The van der Waals surface area contributed by atoms with E-state index in [-0.39, 0.29) is 34.2 Å². The molecule has 0 unspecified atom stereocenters. The van der Waals surface area contributed by atoms with Crippen LogP contribution in [0.2, 0.25) is 0 Å². The number of nitrogens with one attached hydrogen (secondary N) is 1. The number of carbonyl (C=O) groups is 2. The fourth-order valence-corrected chi connectivity index (χ4v) is 4.72. The predicted molar refractivity (Wildman–Crippen MR) is 155 cm³/mol. The Morgan fingerprint density at radius 3 is 2.26 bits per heavy atom. The van der Waals surface area contributed by atoms with Gasteiger partial charge in [-0.15, -0.1) is 5.01 Å². The average molecular weight is 671 g/mol. The zero-order valence-electron chi connectivity index (χ0n) is 25.6. The summed E-state index contributed by atoms with van der Waals surface area (Å²) < 4.78 is 78.5. The molecule has 46 heavy (non-hydrogen) atoms.